The summed E-state index contributed by atoms with van der Waals surface area (Å²) in [6.07, 6.45) is -4.75. The first-order valence-corrected chi connectivity index (χ1v) is 6.93. The second-order valence-electron chi connectivity index (χ2n) is 2.85. The third kappa shape index (κ3) is 2.91. The summed E-state index contributed by atoms with van der Waals surface area (Å²) in [7, 11) is 0.789. The molecule has 0 bridgehead atoms. The molecule has 1 aromatic rings. The van der Waals surface area contributed by atoms with Crippen molar-refractivity contribution in [1.29, 1.82) is 5.26 Å². The zero-order valence-electron chi connectivity index (χ0n) is 7.72. The van der Waals surface area contributed by atoms with Crippen molar-refractivity contribution < 1.29 is 21.6 Å². The molecule has 0 aliphatic heterocycles. The molecule has 9 heteroatoms. The van der Waals surface area contributed by atoms with Gasteiger partial charge < -0.3 is 0 Å². The van der Waals surface area contributed by atoms with Crippen LogP contribution in [0.5, 0.6) is 0 Å². The standard InChI is InChI=1S/C8H2BrClF3NO2S/c9-7-4(3-14)5(8(11,12)13)1-2-6(7)17(10,15)16/h1-2H. The van der Waals surface area contributed by atoms with Crippen molar-refractivity contribution in [3.63, 3.8) is 0 Å². The molecule has 0 N–H and O–H groups in total. The van der Waals surface area contributed by atoms with Gasteiger partial charge in [0.05, 0.1) is 20.5 Å². The van der Waals surface area contributed by atoms with Crippen molar-refractivity contribution >= 4 is 35.7 Å². The summed E-state index contributed by atoms with van der Waals surface area (Å²) >= 11 is 2.63. The lowest BCUT2D eigenvalue weighted by molar-refractivity contribution is -0.137. The van der Waals surface area contributed by atoms with Gasteiger partial charge in [0.2, 0.25) is 0 Å². The van der Waals surface area contributed by atoms with Gasteiger partial charge in [0.15, 0.2) is 0 Å². The second-order valence-corrected chi connectivity index (χ2v) is 6.18. The Kier molecular flexibility index (Phi) is 3.76. The van der Waals surface area contributed by atoms with Crippen LogP contribution in [-0.2, 0) is 15.2 Å². The van der Waals surface area contributed by atoms with Crippen molar-refractivity contribution in [1.82, 2.24) is 0 Å². The number of rotatable bonds is 1. The fourth-order valence-electron chi connectivity index (χ4n) is 1.09. The molecule has 0 saturated heterocycles. The Morgan fingerprint density at radius 2 is 1.88 bits per heavy atom. The number of halogens is 5. The van der Waals surface area contributed by atoms with Crippen LogP contribution >= 0.6 is 26.6 Å². The van der Waals surface area contributed by atoms with Crippen molar-refractivity contribution in [3.05, 3.63) is 27.7 Å². The van der Waals surface area contributed by atoms with Crippen LogP contribution in [0.25, 0.3) is 0 Å². The average molecular weight is 349 g/mol. The maximum atomic E-state index is 12.5. The van der Waals surface area contributed by atoms with E-state index >= 15 is 0 Å². The molecule has 0 atom stereocenters. The molecule has 0 fully saturated rings. The molecule has 0 aliphatic rings. The highest BCUT2D eigenvalue weighted by Crippen LogP contribution is 2.38. The molecule has 0 aromatic heterocycles. The summed E-state index contributed by atoms with van der Waals surface area (Å²) in [5.74, 6) is 0. The van der Waals surface area contributed by atoms with Gasteiger partial charge in [-0.2, -0.15) is 18.4 Å². The molecule has 0 radical (unpaired) electrons. The van der Waals surface area contributed by atoms with E-state index in [1.807, 2.05) is 0 Å². The van der Waals surface area contributed by atoms with E-state index in [0.717, 1.165) is 0 Å². The highest BCUT2D eigenvalue weighted by molar-refractivity contribution is 9.10. The molecule has 92 valence electrons. The first kappa shape index (κ1) is 14.3. The van der Waals surface area contributed by atoms with Crippen LogP contribution in [0.2, 0.25) is 0 Å². The number of hydrogen-bond acceptors (Lipinski definition) is 3. The third-order valence-corrected chi connectivity index (χ3v) is 4.24. The summed E-state index contributed by atoms with van der Waals surface area (Å²) in [5, 5.41) is 8.63. The van der Waals surface area contributed by atoms with Gasteiger partial charge in [-0.3, -0.25) is 0 Å². The minimum atomic E-state index is -4.75. The maximum Gasteiger partial charge on any atom is 0.417 e. The lowest BCUT2D eigenvalue weighted by atomic mass is 10.1. The number of hydrogen-bond donors (Lipinski definition) is 0. The first-order valence-electron chi connectivity index (χ1n) is 3.83. The molecular formula is C8H2BrClF3NO2S. The van der Waals surface area contributed by atoms with Crippen LogP contribution < -0.4 is 0 Å². The van der Waals surface area contributed by atoms with Crippen LogP contribution in [0.15, 0.2) is 21.5 Å². The SMILES string of the molecule is N#Cc1c(C(F)(F)F)ccc(S(=O)(=O)Cl)c1Br. The highest BCUT2D eigenvalue weighted by atomic mass is 79.9. The predicted molar refractivity (Wildman–Crippen MR) is 56.9 cm³/mol. The van der Waals surface area contributed by atoms with Gasteiger partial charge in [0.1, 0.15) is 6.07 Å². The Balaban J connectivity index is 3.68. The average Bonchev–Trinajstić information content (AvgIpc) is 2.13. The summed E-state index contributed by atoms with van der Waals surface area (Å²) in [4.78, 5) is -0.580. The van der Waals surface area contributed by atoms with E-state index in [4.69, 9.17) is 15.9 Å². The maximum absolute atomic E-state index is 12.5. The molecule has 0 spiro atoms. The quantitative estimate of drug-likeness (QED) is 0.732. The molecule has 1 aromatic carbocycles. The van der Waals surface area contributed by atoms with Crippen LogP contribution in [0.4, 0.5) is 13.2 Å². The van der Waals surface area contributed by atoms with Crippen molar-refractivity contribution in [2.24, 2.45) is 0 Å². The molecule has 0 aliphatic carbocycles. The highest BCUT2D eigenvalue weighted by Gasteiger charge is 2.36. The summed E-state index contributed by atoms with van der Waals surface area (Å²) in [5.41, 5.74) is -2.05. The van der Waals surface area contributed by atoms with Crippen molar-refractivity contribution in [2.75, 3.05) is 0 Å². The largest absolute Gasteiger partial charge is 0.417 e. The van der Waals surface area contributed by atoms with Gasteiger partial charge in [0, 0.05) is 10.7 Å². The Morgan fingerprint density at radius 1 is 1.35 bits per heavy atom. The van der Waals surface area contributed by atoms with Crippen molar-refractivity contribution in [3.8, 4) is 6.07 Å². The molecule has 0 heterocycles. The Hall–Kier alpha value is -0.780. The third-order valence-electron chi connectivity index (χ3n) is 1.79. The van der Waals surface area contributed by atoms with Gasteiger partial charge in [-0.25, -0.2) is 8.42 Å². The zero-order valence-corrected chi connectivity index (χ0v) is 10.9. The number of nitriles is 1. The fourth-order valence-corrected chi connectivity index (χ4v) is 3.38. The van der Waals surface area contributed by atoms with E-state index in [-0.39, 0.29) is 0 Å². The monoisotopic (exact) mass is 347 g/mol. The van der Waals surface area contributed by atoms with Crippen LogP contribution in [0.3, 0.4) is 0 Å². The van der Waals surface area contributed by atoms with Gasteiger partial charge in [-0.05, 0) is 28.1 Å². The topological polar surface area (TPSA) is 57.9 Å². The molecule has 0 amide bonds. The smallest absolute Gasteiger partial charge is 0.207 e. The van der Waals surface area contributed by atoms with E-state index in [1.165, 1.54) is 6.07 Å². The molecular weight excluding hydrogens is 347 g/mol. The van der Waals surface area contributed by atoms with E-state index in [1.54, 1.807) is 0 Å². The normalized spacial score (nSPS) is 12.2. The molecule has 1 rings (SSSR count). The van der Waals surface area contributed by atoms with E-state index in [9.17, 15) is 21.6 Å². The number of nitrogens with zero attached hydrogens (tertiary/aromatic N) is 1. The van der Waals surface area contributed by atoms with E-state index in [0.29, 0.717) is 12.1 Å². The van der Waals surface area contributed by atoms with Gasteiger partial charge in [-0.1, -0.05) is 0 Å². The van der Waals surface area contributed by atoms with E-state index in [2.05, 4.69) is 15.9 Å². The number of alkyl halides is 3. The number of benzene rings is 1. The molecule has 0 saturated carbocycles. The summed E-state index contributed by atoms with van der Waals surface area (Å²) < 4.78 is 59.0. The fraction of sp³-hybridized carbons (Fsp3) is 0.125. The molecule has 3 nitrogen and oxygen atoms in total. The second kappa shape index (κ2) is 4.48. The Labute approximate surface area is 107 Å². The first-order chi connectivity index (χ1) is 7.59. The minimum absolute atomic E-state index is 0.496. The zero-order chi connectivity index (χ0) is 13.4. The van der Waals surface area contributed by atoms with Crippen LogP contribution in [0, 0.1) is 11.3 Å². The van der Waals surface area contributed by atoms with Crippen LogP contribution in [-0.4, -0.2) is 8.42 Å². The van der Waals surface area contributed by atoms with Crippen LogP contribution in [0.1, 0.15) is 11.1 Å². The Bertz CT molecular complexity index is 606. The summed E-state index contributed by atoms with van der Waals surface area (Å²) in [6.45, 7) is 0. The predicted octanol–water partition coefficient (Wildman–Crippen LogP) is 3.27. The molecule has 17 heavy (non-hydrogen) atoms. The van der Waals surface area contributed by atoms with E-state index < -0.39 is 35.7 Å². The van der Waals surface area contributed by atoms with Crippen molar-refractivity contribution in [2.45, 2.75) is 11.1 Å². The minimum Gasteiger partial charge on any atom is -0.207 e. The lowest BCUT2D eigenvalue weighted by Crippen LogP contribution is -2.09. The molecule has 0 unspecified atom stereocenters. The summed E-state index contributed by atoms with van der Waals surface area (Å²) in [6, 6.07) is 2.48. The van der Waals surface area contributed by atoms with Gasteiger partial charge in [0.25, 0.3) is 9.05 Å². The van der Waals surface area contributed by atoms with Gasteiger partial charge in [-0.15, -0.1) is 0 Å². The lowest BCUT2D eigenvalue weighted by Gasteiger charge is -2.11. The van der Waals surface area contributed by atoms with Gasteiger partial charge >= 0.3 is 6.18 Å². The Morgan fingerprint density at radius 3 is 2.24 bits per heavy atom.